The number of nitrogens with zero attached hydrogens (tertiary/aromatic N) is 1. The highest BCUT2D eigenvalue weighted by atomic mass is 19.1. The molecule has 0 aliphatic rings. The fourth-order valence-electron chi connectivity index (χ4n) is 3.51. The van der Waals surface area contributed by atoms with E-state index in [9.17, 15) is 9.50 Å². The third-order valence-electron chi connectivity index (χ3n) is 5.06. The maximum atomic E-state index is 13.3. The largest absolute Gasteiger partial charge is 0.493 e. The van der Waals surface area contributed by atoms with Crippen LogP contribution in [0.2, 0.25) is 0 Å². The second-order valence-electron chi connectivity index (χ2n) is 7.64. The number of ether oxygens (including phenoxy) is 3. The Morgan fingerprint density at radius 2 is 1.47 bits per heavy atom. The van der Waals surface area contributed by atoms with Gasteiger partial charge in [-0.05, 0) is 41.0 Å². The molecule has 170 valence electrons. The second kappa shape index (κ2) is 12.2. The Balaban J connectivity index is 1.65. The first kappa shape index (κ1) is 23.7. The van der Waals surface area contributed by atoms with E-state index in [-0.39, 0.29) is 12.4 Å². The summed E-state index contributed by atoms with van der Waals surface area (Å²) in [6.07, 6.45) is -0.667. The summed E-state index contributed by atoms with van der Waals surface area (Å²) < 4.78 is 29.8. The molecule has 6 heteroatoms. The Kier molecular flexibility index (Phi) is 9.04. The van der Waals surface area contributed by atoms with Gasteiger partial charge in [0, 0.05) is 19.6 Å². The van der Waals surface area contributed by atoms with Crippen molar-refractivity contribution in [2.45, 2.75) is 25.8 Å². The van der Waals surface area contributed by atoms with Gasteiger partial charge in [0.1, 0.15) is 5.82 Å². The van der Waals surface area contributed by atoms with Crippen LogP contribution in [0.5, 0.6) is 11.5 Å². The van der Waals surface area contributed by atoms with Crippen LogP contribution in [-0.4, -0.2) is 43.5 Å². The predicted octanol–water partition coefficient (Wildman–Crippen LogP) is 4.42. The van der Waals surface area contributed by atoms with E-state index in [4.69, 9.17) is 14.2 Å². The third-order valence-corrected chi connectivity index (χ3v) is 5.06. The summed E-state index contributed by atoms with van der Waals surface area (Å²) in [6, 6.07) is 22.0. The molecule has 0 saturated carbocycles. The van der Waals surface area contributed by atoms with Crippen molar-refractivity contribution in [1.82, 2.24) is 4.90 Å². The minimum Gasteiger partial charge on any atom is -0.493 e. The standard InChI is InChI=1S/C26H30FNO4/c1-30-25-13-10-22(14-26(25)31-2)16-28(15-20-8-11-23(27)12-9-20)17-24(29)19-32-18-21-6-4-3-5-7-21/h3-14,24,29H,15-19H2,1-2H3/t24-/m1/s1. The number of aliphatic hydroxyl groups excluding tert-OH is 1. The molecule has 0 unspecified atom stereocenters. The van der Waals surface area contributed by atoms with Crippen LogP contribution in [0.3, 0.4) is 0 Å². The van der Waals surface area contributed by atoms with Crippen molar-refractivity contribution in [2.24, 2.45) is 0 Å². The van der Waals surface area contributed by atoms with E-state index in [0.717, 1.165) is 16.7 Å². The molecule has 0 aromatic heterocycles. The zero-order valence-electron chi connectivity index (χ0n) is 18.5. The first-order valence-corrected chi connectivity index (χ1v) is 10.5. The van der Waals surface area contributed by atoms with Gasteiger partial charge in [0.2, 0.25) is 0 Å². The van der Waals surface area contributed by atoms with Crippen LogP contribution < -0.4 is 9.47 Å². The summed E-state index contributed by atoms with van der Waals surface area (Å²) in [5, 5.41) is 10.6. The van der Waals surface area contributed by atoms with E-state index < -0.39 is 6.10 Å². The fraction of sp³-hybridized carbons (Fsp3) is 0.308. The molecule has 0 aliphatic heterocycles. The van der Waals surface area contributed by atoms with E-state index in [2.05, 4.69) is 4.90 Å². The number of halogens is 1. The number of methoxy groups -OCH3 is 2. The van der Waals surface area contributed by atoms with Crippen LogP contribution in [0.25, 0.3) is 0 Å². The zero-order chi connectivity index (χ0) is 22.8. The van der Waals surface area contributed by atoms with E-state index in [1.807, 2.05) is 48.5 Å². The smallest absolute Gasteiger partial charge is 0.161 e. The monoisotopic (exact) mass is 439 g/mol. The quantitative estimate of drug-likeness (QED) is 0.453. The van der Waals surface area contributed by atoms with Crippen LogP contribution in [-0.2, 0) is 24.4 Å². The van der Waals surface area contributed by atoms with Gasteiger partial charge in [-0.3, -0.25) is 4.90 Å². The Hall–Kier alpha value is -2.93. The van der Waals surface area contributed by atoms with E-state index in [0.29, 0.717) is 37.7 Å². The lowest BCUT2D eigenvalue weighted by Gasteiger charge is -2.26. The van der Waals surface area contributed by atoms with Gasteiger partial charge in [-0.25, -0.2) is 4.39 Å². The summed E-state index contributed by atoms with van der Waals surface area (Å²) in [5.74, 6) is 1.05. The summed E-state index contributed by atoms with van der Waals surface area (Å²) in [6.45, 7) is 2.21. The molecular weight excluding hydrogens is 409 g/mol. The van der Waals surface area contributed by atoms with E-state index in [1.165, 1.54) is 12.1 Å². The van der Waals surface area contributed by atoms with Gasteiger partial charge in [0.15, 0.2) is 11.5 Å². The maximum Gasteiger partial charge on any atom is 0.161 e. The number of hydrogen-bond donors (Lipinski definition) is 1. The van der Waals surface area contributed by atoms with Crippen molar-refractivity contribution in [3.63, 3.8) is 0 Å². The molecule has 3 aromatic carbocycles. The van der Waals surface area contributed by atoms with Gasteiger partial charge in [0.25, 0.3) is 0 Å². The lowest BCUT2D eigenvalue weighted by molar-refractivity contribution is 0.00711. The molecule has 1 N–H and O–H groups in total. The Bertz CT molecular complexity index is 950. The maximum absolute atomic E-state index is 13.3. The average molecular weight is 440 g/mol. The minimum atomic E-state index is -0.667. The fourth-order valence-corrected chi connectivity index (χ4v) is 3.51. The van der Waals surface area contributed by atoms with E-state index in [1.54, 1.807) is 26.4 Å². The highest BCUT2D eigenvalue weighted by Crippen LogP contribution is 2.28. The Morgan fingerprint density at radius 3 is 2.16 bits per heavy atom. The molecule has 0 bridgehead atoms. The van der Waals surface area contributed by atoms with Crippen LogP contribution >= 0.6 is 0 Å². The Labute approximate surface area is 189 Å². The van der Waals surface area contributed by atoms with Crippen molar-refractivity contribution >= 4 is 0 Å². The normalized spacial score (nSPS) is 12.0. The number of rotatable bonds is 12. The SMILES string of the molecule is COc1ccc(CN(Cc2ccc(F)cc2)C[C@@H](O)COCc2ccccc2)cc1OC. The topological polar surface area (TPSA) is 51.2 Å². The number of hydrogen-bond acceptors (Lipinski definition) is 5. The third kappa shape index (κ3) is 7.34. The van der Waals surface area contributed by atoms with Gasteiger partial charge in [-0.2, -0.15) is 0 Å². The highest BCUT2D eigenvalue weighted by molar-refractivity contribution is 5.42. The minimum absolute atomic E-state index is 0.223. The van der Waals surface area contributed by atoms with Crippen molar-refractivity contribution in [2.75, 3.05) is 27.4 Å². The summed E-state index contributed by atoms with van der Waals surface area (Å²) in [5.41, 5.74) is 3.04. The summed E-state index contributed by atoms with van der Waals surface area (Å²) in [7, 11) is 3.20. The molecule has 0 amide bonds. The van der Waals surface area contributed by atoms with Gasteiger partial charge in [-0.15, -0.1) is 0 Å². The molecule has 0 saturated heterocycles. The molecule has 1 atom stereocenters. The van der Waals surface area contributed by atoms with Crippen LogP contribution in [0.15, 0.2) is 72.8 Å². The highest BCUT2D eigenvalue weighted by Gasteiger charge is 2.15. The lowest BCUT2D eigenvalue weighted by atomic mass is 10.1. The van der Waals surface area contributed by atoms with Crippen molar-refractivity contribution in [3.05, 3.63) is 95.3 Å². The molecular formula is C26H30FNO4. The second-order valence-corrected chi connectivity index (χ2v) is 7.64. The Morgan fingerprint density at radius 1 is 0.812 bits per heavy atom. The first-order valence-electron chi connectivity index (χ1n) is 10.5. The molecule has 3 rings (SSSR count). The van der Waals surface area contributed by atoms with Crippen molar-refractivity contribution in [1.29, 1.82) is 0 Å². The molecule has 0 spiro atoms. The lowest BCUT2D eigenvalue weighted by Crippen LogP contribution is -2.34. The van der Waals surface area contributed by atoms with Gasteiger partial charge >= 0.3 is 0 Å². The number of benzene rings is 3. The zero-order valence-corrected chi connectivity index (χ0v) is 18.5. The van der Waals surface area contributed by atoms with Gasteiger partial charge < -0.3 is 19.3 Å². The van der Waals surface area contributed by atoms with Crippen LogP contribution in [0, 0.1) is 5.82 Å². The van der Waals surface area contributed by atoms with Crippen LogP contribution in [0.1, 0.15) is 16.7 Å². The molecule has 0 fully saturated rings. The van der Waals surface area contributed by atoms with Gasteiger partial charge in [0.05, 0.1) is 33.5 Å². The molecule has 5 nitrogen and oxygen atoms in total. The molecule has 0 aliphatic carbocycles. The summed E-state index contributed by atoms with van der Waals surface area (Å²) in [4.78, 5) is 2.10. The molecule has 32 heavy (non-hydrogen) atoms. The predicted molar refractivity (Wildman–Crippen MR) is 122 cm³/mol. The van der Waals surface area contributed by atoms with Crippen LogP contribution in [0.4, 0.5) is 4.39 Å². The van der Waals surface area contributed by atoms with E-state index >= 15 is 0 Å². The first-order chi connectivity index (χ1) is 15.6. The average Bonchev–Trinajstić information content (AvgIpc) is 2.81. The van der Waals surface area contributed by atoms with Crippen molar-refractivity contribution < 1.29 is 23.7 Å². The molecule has 3 aromatic rings. The van der Waals surface area contributed by atoms with Gasteiger partial charge in [-0.1, -0.05) is 48.5 Å². The summed E-state index contributed by atoms with van der Waals surface area (Å²) >= 11 is 0. The molecule has 0 radical (unpaired) electrons. The molecule has 0 heterocycles. The number of aliphatic hydroxyl groups is 1. The van der Waals surface area contributed by atoms with Crippen molar-refractivity contribution in [3.8, 4) is 11.5 Å².